The molecule has 0 bridgehead atoms. The second-order valence-corrected chi connectivity index (χ2v) is 7.69. The largest absolute Gasteiger partial charge is 0.481 e. The summed E-state index contributed by atoms with van der Waals surface area (Å²) in [6, 6.07) is 0. The predicted molar refractivity (Wildman–Crippen MR) is 113 cm³/mol. The van der Waals surface area contributed by atoms with Crippen LogP contribution in [-0.4, -0.2) is 52.1 Å². The molecular formula is C21H36N2O9. The van der Waals surface area contributed by atoms with Gasteiger partial charge < -0.3 is 25.5 Å². The monoisotopic (exact) mass is 460 g/mol. The molecule has 0 aromatic heterocycles. The van der Waals surface area contributed by atoms with E-state index in [1.807, 2.05) is 5.48 Å². The first kappa shape index (κ1) is 29.3. The zero-order valence-electron chi connectivity index (χ0n) is 18.7. The molecule has 0 heterocycles. The molecule has 0 aliphatic carbocycles. The maximum absolute atomic E-state index is 12.0. The van der Waals surface area contributed by atoms with E-state index < -0.39 is 54.8 Å². The molecular weight excluding hydrogens is 424 g/mol. The van der Waals surface area contributed by atoms with Crippen molar-refractivity contribution in [1.82, 2.24) is 5.48 Å². The highest BCUT2D eigenvalue weighted by molar-refractivity contribution is 5.89. The van der Waals surface area contributed by atoms with E-state index in [0.717, 1.165) is 19.3 Å². The topological polar surface area (TPSA) is 182 Å². The van der Waals surface area contributed by atoms with Crippen LogP contribution in [0, 0.1) is 0 Å². The predicted octanol–water partition coefficient (Wildman–Crippen LogP) is 2.06. The molecule has 1 atom stereocenters. The van der Waals surface area contributed by atoms with E-state index in [-0.39, 0.29) is 12.8 Å². The van der Waals surface area contributed by atoms with Crippen LogP contribution in [0.25, 0.3) is 0 Å². The Labute approximate surface area is 188 Å². The Morgan fingerprint density at radius 3 is 1.91 bits per heavy atom. The Morgan fingerprint density at radius 1 is 0.844 bits per heavy atom. The number of nitrogens with two attached hydrogens (primary N) is 1. The number of carboxylic acids is 2. The molecule has 0 aliphatic heterocycles. The number of nitrogens with one attached hydrogen (secondary N) is 1. The van der Waals surface area contributed by atoms with Gasteiger partial charge in [-0.2, -0.15) is 5.48 Å². The van der Waals surface area contributed by atoms with Crippen molar-refractivity contribution in [2.45, 2.75) is 96.0 Å². The number of ether oxygens (including phenoxy) is 1. The molecule has 5 N–H and O–H groups in total. The SMILES string of the molecule is CCCCCCCCCCCC(=O)NOC(=O)CC(CC(=O)O)(OCCC(N)=O)C(=O)O. The van der Waals surface area contributed by atoms with E-state index in [1.165, 1.54) is 32.1 Å². The minimum atomic E-state index is -2.46. The smallest absolute Gasteiger partial charge is 0.337 e. The van der Waals surface area contributed by atoms with E-state index in [2.05, 4.69) is 11.8 Å². The number of carbonyl (C=O) groups excluding carboxylic acids is 3. The zero-order valence-corrected chi connectivity index (χ0v) is 18.7. The molecule has 0 aromatic carbocycles. The molecule has 11 heteroatoms. The van der Waals surface area contributed by atoms with Crippen molar-refractivity contribution in [3.8, 4) is 0 Å². The molecule has 0 fully saturated rings. The third-order valence-corrected chi connectivity index (χ3v) is 4.77. The molecule has 0 spiro atoms. The van der Waals surface area contributed by atoms with Crippen LogP contribution in [0.4, 0.5) is 0 Å². The number of unbranched alkanes of at least 4 members (excludes halogenated alkanes) is 8. The molecule has 1 unspecified atom stereocenters. The van der Waals surface area contributed by atoms with Crippen molar-refractivity contribution in [2.75, 3.05) is 6.61 Å². The Balaban J connectivity index is 4.37. The molecule has 184 valence electrons. The fourth-order valence-corrected chi connectivity index (χ4v) is 3.00. The number of hydrogen-bond donors (Lipinski definition) is 4. The van der Waals surface area contributed by atoms with Crippen LogP contribution in [-0.2, 0) is 33.5 Å². The van der Waals surface area contributed by atoms with Crippen molar-refractivity contribution in [1.29, 1.82) is 0 Å². The lowest BCUT2D eigenvalue weighted by atomic mass is 9.95. The molecule has 0 rings (SSSR count). The number of carbonyl (C=O) groups is 5. The number of carboxylic acid groups (broad SMARTS) is 2. The van der Waals surface area contributed by atoms with Gasteiger partial charge in [0.05, 0.1) is 19.4 Å². The highest BCUT2D eigenvalue weighted by Gasteiger charge is 2.45. The first-order valence-electron chi connectivity index (χ1n) is 11.0. The van der Waals surface area contributed by atoms with Gasteiger partial charge in [-0.3, -0.25) is 14.4 Å². The van der Waals surface area contributed by atoms with E-state index >= 15 is 0 Å². The Kier molecular flexibility index (Phi) is 15.5. The summed E-state index contributed by atoms with van der Waals surface area (Å²) >= 11 is 0. The summed E-state index contributed by atoms with van der Waals surface area (Å²) in [5.41, 5.74) is 4.43. The zero-order chi connectivity index (χ0) is 24.4. The summed E-state index contributed by atoms with van der Waals surface area (Å²) in [6.07, 6.45) is 7.44. The summed E-state index contributed by atoms with van der Waals surface area (Å²) in [5, 5.41) is 18.4. The molecule has 0 saturated carbocycles. The molecule has 0 saturated heterocycles. The van der Waals surface area contributed by atoms with Gasteiger partial charge in [0, 0.05) is 12.8 Å². The fourth-order valence-electron chi connectivity index (χ4n) is 3.00. The summed E-state index contributed by atoms with van der Waals surface area (Å²) in [7, 11) is 0. The van der Waals surface area contributed by atoms with Gasteiger partial charge in [0.25, 0.3) is 5.91 Å². The molecule has 0 aromatic rings. The van der Waals surface area contributed by atoms with Crippen molar-refractivity contribution in [3.05, 3.63) is 0 Å². The van der Waals surface area contributed by atoms with Gasteiger partial charge in [0.15, 0.2) is 5.60 Å². The van der Waals surface area contributed by atoms with Crippen LogP contribution in [0.5, 0.6) is 0 Å². The van der Waals surface area contributed by atoms with E-state index in [1.54, 1.807) is 0 Å². The molecule has 11 nitrogen and oxygen atoms in total. The Hall–Kier alpha value is -2.69. The minimum absolute atomic E-state index is 0.136. The number of primary amides is 1. The molecule has 2 amide bonds. The van der Waals surface area contributed by atoms with Gasteiger partial charge in [-0.15, -0.1) is 0 Å². The van der Waals surface area contributed by atoms with Crippen LogP contribution in [0.3, 0.4) is 0 Å². The average molecular weight is 461 g/mol. The van der Waals surface area contributed by atoms with Crippen molar-refractivity contribution < 1.29 is 43.8 Å². The normalized spacial score (nSPS) is 12.5. The fraction of sp³-hybridized carbons (Fsp3) is 0.762. The summed E-state index contributed by atoms with van der Waals surface area (Å²) < 4.78 is 5.03. The molecule has 0 aliphatic rings. The van der Waals surface area contributed by atoms with Crippen LogP contribution in [0.15, 0.2) is 0 Å². The average Bonchev–Trinajstić information content (AvgIpc) is 2.70. The number of rotatable bonds is 19. The van der Waals surface area contributed by atoms with Crippen molar-refractivity contribution in [2.24, 2.45) is 5.73 Å². The molecule has 32 heavy (non-hydrogen) atoms. The quantitative estimate of drug-likeness (QED) is 0.165. The number of aliphatic carboxylic acids is 2. The van der Waals surface area contributed by atoms with Gasteiger partial charge in [-0.05, 0) is 6.42 Å². The highest BCUT2D eigenvalue weighted by atomic mass is 16.7. The standard InChI is InChI=1S/C21H36N2O9/c1-2-3-4-5-6-7-8-9-10-11-17(25)23-32-19(28)15-21(20(29)30,14-18(26)27)31-13-12-16(22)24/h2-15H2,1H3,(H2,22,24)(H,23,25)(H,26,27)(H,29,30). The van der Waals surface area contributed by atoms with Crippen molar-refractivity contribution in [3.63, 3.8) is 0 Å². The molecule has 0 radical (unpaired) electrons. The number of hydrogen-bond acceptors (Lipinski definition) is 7. The summed E-state index contributed by atoms with van der Waals surface area (Å²) in [6.45, 7) is 1.68. The maximum atomic E-state index is 12.0. The summed E-state index contributed by atoms with van der Waals surface area (Å²) in [4.78, 5) is 61.9. The van der Waals surface area contributed by atoms with Crippen LogP contribution < -0.4 is 11.2 Å². The van der Waals surface area contributed by atoms with E-state index in [9.17, 15) is 29.1 Å². The Morgan fingerprint density at radius 2 is 1.41 bits per heavy atom. The first-order chi connectivity index (χ1) is 15.1. The minimum Gasteiger partial charge on any atom is -0.481 e. The van der Waals surface area contributed by atoms with Gasteiger partial charge in [0.2, 0.25) is 5.91 Å². The van der Waals surface area contributed by atoms with Gasteiger partial charge >= 0.3 is 17.9 Å². The van der Waals surface area contributed by atoms with Crippen molar-refractivity contribution >= 4 is 29.7 Å². The lowest BCUT2D eigenvalue weighted by Crippen LogP contribution is -2.47. The van der Waals surface area contributed by atoms with E-state index in [4.69, 9.17) is 15.6 Å². The van der Waals surface area contributed by atoms with Gasteiger partial charge in [-0.1, -0.05) is 58.3 Å². The lowest BCUT2D eigenvalue weighted by Gasteiger charge is -2.26. The van der Waals surface area contributed by atoms with E-state index in [0.29, 0.717) is 6.42 Å². The maximum Gasteiger partial charge on any atom is 0.337 e. The Bertz CT molecular complexity index is 624. The number of hydroxylamine groups is 1. The third kappa shape index (κ3) is 14.3. The van der Waals surface area contributed by atoms with Gasteiger partial charge in [-0.25, -0.2) is 9.59 Å². The summed E-state index contributed by atoms with van der Waals surface area (Å²) in [5.74, 6) is -5.77. The highest BCUT2D eigenvalue weighted by Crippen LogP contribution is 2.23. The van der Waals surface area contributed by atoms with Crippen LogP contribution in [0.1, 0.15) is 90.4 Å². The lowest BCUT2D eigenvalue weighted by molar-refractivity contribution is -0.182. The second kappa shape index (κ2) is 16.9. The second-order valence-electron chi connectivity index (χ2n) is 7.69. The first-order valence-corrected chi connectivity index (χ1v) is 11.0. The third-order valence-electron chi connectivity index (χ3n) is 4.77. The number of amides is 2. The van der Waals surface area contributed by atoms with Crippen LogP contribution >= 0.6 is 0 Å². The van der Waals surface area contributed by atoms with Gasteiger partial charge in [0.1, 0.15) is 0 Å². The van der Waals surface area contributed by atoms with Crippen LogP contribution in [0.2, 0.25) is 0 Å².